The Morgan fingerprint density at radius 1 is 1.00 bits per heavy atom. The molecule has 4 rings (SSSR count). The Bertz CT molecular complexity index is 308. The van der Waals surface area contributed by atoms with Crippen LogP contribution in [0.2, 0.25) is 0 Å². The van der Waals surface area contributed by atoms with E-state index in [1.807, 2.05) is 0 Å². The molecule has 4 atom stereocenters. The third-order valence-electron chi connectivity index (χ3n) is 4.95. The predicted molar refractivity (Wildman–Crippen MR) is 58.8 cm³/mol. The minimum atomic E-state index is 0.346. The largest absolute Gasteiger partial charge is 0.371 e. The molecule has 0 N–H and O–H groups in total. The summed E-state index contributed by atoms with van der Waals surface area (Å²) in [6.07, 6.45) is 6.76. The van der Waals surface area contributed by atoms with Gasteiger partial charge in [0.15, 0.2) is 0 Å². The minimum Gasteiger partial charge on any atom is -0.371 e. The zero-order valence-corrected chi connectivity index (χ0v) is 9.60. The van der Waals surface area contributed by atoms with Crippen LogP contribution in [0.3, 0.4) is 0 Å². The second-order valence-corrected chi connectivity index (χ2v) is 6.12. The predicted octanol–water partition coefficient (Wildman–Crippen LogP) is 1.42. The van der Waals surface area contributed by atoms with Crippen molar-refractivity contribution in [2.75, 3.05) is 13.1 Å². The van der Waals surface area contributed by atoms with Crippen LogP contribution in [-0.2, 0) is 9.53 Å². The molecule has 0 spiro atoms. The number of rotatable bonds is 1. The number of hydrogen-bond acceptors (Lipinski definition) is 2. The van der Waals surface area contributed by atoms with Gasteiger partial charge in [0.1, 0.15) is 0 Å². The molecule has 4 aliphatic rings. The summed E-state index contributed by atoms with van der Waals surface area (Å²) in [4.78, 5) is 14.5. The van der Waals surface area contributed by atoms with Crippen molar-refractivity contribution in [3.8, 4) is 0 Å². The molecule has 2 aliphatic heterocycles. The number of hydrogen-bond donors (Lipinski definition) is 0. The summed E-state index contributed by atoms with van der Waals surface area (Å²) in [5.74, 6) is 2.62. The molecule has 1 amide bonds. The third kappa shape index (κ3) is 1.41. The fraction of sp³-hybridized carbons (Fsp3) is 0.923. The molecular weight excluding hydrogens is 202 g/mol. The molecule has 3 nitrogen and oxygen atoms in total. The number of morpholine rings is 1. The molecule has 2 heterocycles. The van der Waals surface area contributed by atoms with Gasteiger partial charge < -0.3 is 9.64 Å². The summed E-state index contributed by atoms with van der Waals surface area (Å²) < 4.78 is 5.78. The van der Waals surface area contributed by atoms with Gasteiger partial charge in [-0.05, 0) is 43.9 Å². The van der Waals surface area contributed by atoms with Crippen molar-refractivity contribution in [3.05, 3.63) is 0 Å². The lowest BCUT2D eigenvalue weighted by atomic mass is 10.0. The first-order chi connectivity index (χ1) is 7.79. The lowest BCUT2D eigenvalue weighted by Crippen LogP contribution is -2.47. The Kier molecular flexibility index (Phi) is 1.90. The Hall–Kier alpha value is -0.570. The zero-order chi connectivity index (χ0) is 10.7. The summed E-state index contributed by atoms with van der Waals surface area (Å²) in [6.45, 7) is 1.72. The van der Waals surface area contributed by atoms with Gasteiger partial charge in [-0.3, -0.25) is 4.79 Å². The average Bonchev–Trinajstić information content (AvgIpc) is 2.76. The highest BCUT2D eigenvalue weighted by Gasteiger charge is 2.49. The van der Waals surface area contributed by atoms with E-state index in [1.54, 1.807) is 0 Å². The monoisotopic (exact) mass is 221 g/mol. The SMILES string of the molecule is O=C(C1CC2CC2C1)N1CC2CCC(C1)O2. The van der Waals surface area contributed by atoms with Crippen LogP contribution in [-0.4, -0.2) is 36.1 Å². The molecule has 2 saturated carbocycles. The van der Waals surface area contributed by atoms with E-state index in [1.165, 1.54) is 19.3 Å². The smallest absolute Gasteiger partial charge is 0.225 e. The van der Waals surface area contributed by atoms with E-state index >= 15 is 0 Å². The number of carbonyl (C=O) groups is 1. The second-order valence-electron chi connectivity index (χ2n) is 6.12. The number of nitrogens with zero attached hydrogens (tertiary/aromatic N) is 1. The fourth-order valence-corrected chi connectivity index (χ4v) is 3.97. The van der Waals surface area contributed by atoms with Gasteiger partial charge >= 0.3 is 0 Å². The van der Waals surface area contributed by atoms with Crippen LogP contribution in [0.5, 0.6) is 0 Å². The van der Waals surface area contributed by atoms with E-state index < -0.39 is 0 Å². The van der Waals surface area contributed by atoms with E-state index in [0.717, 1.165) is 37.8 Å². The van der Waals surface area contributed by atoms with Gasteiger partial charge in [-0.15, -0.1) is 0 Å². The molecule has 0 aromatic carbocycles. The van der Waals surface area contributed by atoms with Crippen molar-refractivity contribution in [1.82, 2.24) is 4.90 Å². The van der Waals surface area contributed by atoms with E-state index in [2.05, 4.69) is 4.90 Å². The summed E-state index contributed by atoms with van der Waals surface area (Å²) >= 11 is 0. The van der Waals surface area contributed by atoms with Crippen LogP contribution in [0.4, 0.5) is 0 Å². The normalized spacial score (nSPS) is 49.2. The molecule has 4 unspecified atom stereocenters. The molecule has 3 heteroatoms. The van der Waals surface area contributed by atoms with Crippen LogP contribution >= 0.6 is 0 Å². The molecule has 0 aromatic heterocycles. The first-order valence-corrected chi connectivity index (χ1v) is 6.74. The number of carbonyl (C=O) groups excluding carboxylic acids is 1. The Labute approximate surface area is 96.1 Å². The lowest BCUT2D eigenvalue weighted by molar-refractivity contribution is -0.144. The van der Waals surface area contributed by atoms with Crippen LogP contribution in [0.25, 0.3) is 0 Å². The molecule has 2 saturated heterocycles. The van der Waals surface area contributed by atoms with Gasteiger partial charge in [-0.2, -0.15) is 0 Å². The third-order valence-corrected chi connectivity index (χ3v) is 4.95. The maximum atomic E-state index is 12.4. The van der Waals surface area contributed by atoms with E-state index in [0.29, 0.717) is 24.0 Å². The highest BCUT2D eigenvalue weighted by Crippen LogP contribution is 2.54. The molecule has 0 aromatic rings. The molecule has 4 fully saturated rings. The van der Waals surface area contributed by atoms with Gasteiger partial charge in [0.25, 0.3) is 0 Å². The van der Waals surface area contributed by atoms with Crippen LogP contribution < -0.4 is 0 Å². The standard InChI is InChI=1S/C13H19NO2/c15-13(10-4-8-3-9(8)5-10)14-6-11-1-2-12(7-14)16-11/h8-12H,1-7H2. The van der Waals surface area contributed by atoms with Gasteiger partial charge in [0.05, 0.1) is 12.2 Å². The molecule has 16 heavy (non-hydrogen) atoms. The Morgan fingerprint density at radius 2 is 1.62 bits per heavy atom. The fourth-order valence-electron chi connectivity index (χ4n) is 3.97. The van der Waals surface area contributed by atoms with Gasteiger partial charge in [0.2, 0.25) is 5.91 Å². The van der Waals surface area contributed by atoms with Crippen molar-refractivity contribution in [1.29, 1.82) is 0 Å². The van der Waals surface area contributed by atoms with Gasteiger partial charge in [-0.1, -0.05) is 0 Å². The van der Waals surface area contributed by atoms with Crippen molar-refractivity contribution >= 4 is 5.91 Å². The van der Waals surface area contributed by atoms with Crippen molar-refractivity contribution in [2.45, 2.75) is 44.3 Å². The van der Waals surface area contributed by atoms with Gasteiger partial charge in [0, 0.05) is 19.0 Å². The highest BCUT2D eigenvalue weighted by molar-refractivity contribution is 5.79. The van der Waals surface area contributed by atoms with Crippen molar-refractivity contribution in [3.63, 3.8) is 0 Å². The van der Waals surface area contributed by atoms with Crippen molar-refractivity contribution in [2.24, 2.45) is 17.8 Å². The number of fused-ring (bicyclic) bond motifs is 3. The summed E-state index contributed by atoms with van der Waals surface area (Å²) in [6, 6.07) is 0. The molecule has 2 aliphatic carbocycles. The van der Waals surface area contributed by atoms with Crippen molar-refractivity contribution < 1.29 is 9.53 Å². The zero-order valence-electron chi connectivity index (χ0n) is 9.60. The number of likely N-dealkylation sites (tertiary alicyclic amines) is 1. The summed E-state index contributed by atoms with van der Waals surface area (Å²) in [5, 5.41) is 0. The van der Waals surface area contributed by atoms with Crippen LogP contribution in [0.15, 0.2) is 0 Å². The maximum absolute atomic E-state index is 12.4. The molecular formula is C13H19NO2. The first kappa shape index (κ1) is 9.46. The number of ether oxygens (including phenoxy) is 1. The quantitative estimate of drug-likeness (QED) is 0.670. The average molecular weight is 221 g/mol. The summed E-state index contributed by atoms with van der Waals surface area (Å²) in [5.41, 5.74) is 0. The lowest BCUT2D eigenvalue weighted by Gasteiger charge is -2.34. The van der Waals surface area contributed by atoms with Crippen LogP contribution in [0, 0.1) is 17.8 Å². The van der Waals surface area contributed by atoms with E-state index in [-0.39, 0.29) is 0 Å². The topological polar surface area (TPSA) is 29.5 Å². The summed E-state index contributed by atoms with van der Waals surface area (Å²) in [7, 11) is 0. The molecule has 88 valence electrons. The minimum absolute atomic E-state index is 0.346. The Morgan fingerprint density at radius 3 is 2.25 bits per heavy atom. The second kappa shape index (κ2) is 3.22. The Balaban J connectivity index is 1.43. The number of amides is 1. The first-order valence-electron chi connectivity index (χ1n) is 6.74. The highest BCUT2D eigenvalue weighted by atomic mass is 16.5. The molecule has 2 bridgehead atoms. The van der Waals surface area contributed by atoms with Gasteiger partial charge in [-0.25, -0.2) is 0 Å². The maximum Gasteiger partial charge on any atom is 0.225 e. The van der Waals surface area contributed by atoms with E-state index in [4.69, 9.17) is 4.74 Å². The van der Waals surface area contributed by atoms with E-state index in [9.17, 15) is 4.79 Å². The van der Waals surface area contributed by atoms with Crippen LogP contribution in [0.1, 0.15) is 32.1 Å². The molecule has 0 radical (unpaired) electrons.